The number of Topliss-reactive ketones (excluding diaryl/α,β-unsaturated/α-hetero) is 1. The lowest BCUT2D eigenvalue weighted by molar-refractivity contribution is -0.135. The van der Waals surface area contributed by atoms with Gasteiger partial charge in [-0.3, -0.25) is 14.4 Å². The maximum absolute atomic E-state index is 12.0. The minimum absolute atomic E-state index is 0.133. The predicted octanol–water partition coefficient (Wildman–Crippen LogP) is -0.105. The number of hydrogen-bond donors (Lipinski definition) is 2. The summed E-state index contributed by atoms with van der Waals surface area (Å²) in [4.78, 5) is 34.9. The molecule has 0 aromatic heterocycles. The van der Waals surface area contributed by atoms with Gasteiger partial charge in [0.15, 0.2) is 0 Å². The van der Waals surface area contributed by atoms with E-state index in [4.69, 9.17) is 10.5 Å². The summed E-state index contributed by atoms with van der Waals surface area (Å²) in [7, 11) is 0. The number of ketones is 1. The summed E-state index contributed by atoms with van der Waals surface area (Å²) < 4.78 is 5.27. The summed E-state index contributed by atoms with van der Waals surface area (Å²) in [5.41, 5.74) is 5.35. The molecule has 2 fully saturated rings. The SMILES string of the molecule is NC(=O)[C@H](NC(=O)[C@@H]1CCCO1)[C@@H]1CCCC(=O)C1. The Labute approximate surface area is 112 Å². The van der Waals surface area contributed by atoms with E-state index in [0.717, 1.165) is 19.3 Å². The first-order valence-electron chi connectivity index (χ1n) is 6.81. The van der Waals surface area contributed by atoms with Crippen LogP contribution in [0.4, 0.5) is 0 Å². The van der Waals surface area contributed by atoms with Crippen molar-refractivity contribution < 1.29 is 19.1 Å². The third-order valence-corrected chi connectivity index (χ3v) is 3.82. The van der Waals surface area contributed by atoms with E-state index in [1.165, 1.54) is 0 Å². The average molecular weight is 268 g/mol. The van der Waals surface area contributed by atoms with Crippen molar-refractivity contribution in [1.82, 2.24) is 5.32 Å². The van der Waals surface area contributed by atoms with Crippen LogP contribution in [0.25, 0.3) is 0 Å². The summed E-state index contributed by atoms with van der Waals surface area (Å²) in [5, 5.41) is 2.66. The lowest BCUT2D eigenvalue weighted by Crippen LogP contribution is -2.52. The van der Waals surface area contributed by atoms with Crippen molar-refractivity contribution in [3.05, 3.63) is 0 Å². The number of nitrogens with two attached hydrogens (primary N) is 1. The molecule has 1 heterocycles. The van der Waals surface area contributed by atoms with Crippen LogP contribution < -0.4 is 11.1 Å². The molecule has 6 nitrogen and oxygen atoms in total. The lowest BCUT2D eigenvalue weighted by Gasteiger charge is -2.28. The van der Waals surface area contributed by atoms with E-state index in [1.807, 2.05) is 0 Å². The van der Waals surface area contributed by atoms with Gasteiger partial charge >= 0.3 is 0 Å². The fraction of sp³-hybridized carbons (Fsp3) is 0.769. The number of carbonyl (C=O) groups excluding carboxylic acids is 3. The second kappa shape index (κ2) is 6.14. The molecule has 106 valence electrons. The van der Waals surface area contributed by atoms with Crippen LogP contribution in [0.2, 0.25) is 0 Å². The minimum atomic E-state index is -0.763. The largest absolute Gasteiger partial charge is 0.368 e. The zero-order valence-electron chi connectivity index (χ0n) is 10.9. The van der Waals surface area contributed by atoms with Crippen molar-refractivity contribution in [2.45, 2.75) is 50.7 Å². The molecule has 2 rings (SSSR count). The van der Waals surface area contributed by atoms with E-state index in [-0.39, 0.29) is 17.6 Å². The highest BCUT2D eigenvalue weighted by Crippen LogP contribution is 2.24. The molecule has 0 unspecified atom stereocenters. The molecule has 0 radical (unpaired) electrons. The molecule has 2 aliphatic rings. The molecule has 0 aromatic rings. The van der Waals surface area contributed by atoms with Gasteiger partial charge in [-0.15, -0.1) is 0 Å². The van der Waals surface area contributed by atoms with Gasteiger partial charge in [0.2, 0.25) is 11.8 Å². The smallest absolute Gasteiger partial charge is 0.249 e. The van der Waals surface area contributed by atoms with Crippen LogP contribution in [0.1, 0.15) is 38.5 Å². The molecule has 1 aliphatic carbocycles. The van der Waals surface area contributed by atoms with Gasteiger partial charge in [-0.1, -0.05) is 0 Å². The Hall–Kier alpha value is -1.43. The summed E-state index contributed by atoms with van der Waals surface area (Å²) in [5.74, 6) is -0.914. The second-order valence-electron chi connectivity index (χ2n) is 5.29. The Bertz CT molecular complexity index is 377. The fourth-order valence-electron chi connectivity index (χ4n) is 2.79. The molecule has 6 heteroatoms. The summed E-state index contributed by atoms with van der Waals surface area (Å²) in [6.45, 7) is 0.571. The highest BCUT2D eigenvalue weighted by molar-refractivity contribution is 5.89. The van der Waals surface area contributed by atoms with Gasteiger partial charge in [0.25, 0.3) is 0 Å². The number of hydrogen-bond acceptors (Lipinski definition) is 4. The zero-order chi connectivity index (χ0) is 13.8. The van der Waals surface area contributed by atoms with E-state index in [0.29, 0.717) is 25.9 Å². The molecule has 19 heavy (non-hydrogen) atoms. The first-order valence-corrected chi connectivity index (χ1v) is 6.81. The normalized spacial score (nSPS) is 28.9. The summed E-state index contributed by atoms with van der Waals surface area (Å²) in [6, 6.07) is -0.763. The van der Waals surface area contributed by atoms with Crippen LogP contribution in [0, 0.1) is 5.92 Å². The molecular weight excluding hydrogens is 248 g/mol. The summed E-state index contributed by atoms with van der Waals surface area (Å²) >= 11 is 0. The molecular formula is C13H20N2O4. The molecule has 3 atom stereocenters. The molecule has 2 amide bonds. The monoisotopic (exact) mass is 268 g/mol. The van der Waals surface area contributed by atoms with Crippen molar-refractivity contribution in [3.63, 3.8) is 0 Å². The van der Waals surface area contributed by atoms with Gasteiger partial charge in [0, 0.05) is 19.4 Å². The molecule has 0 aromatic carbocycles. The fourth-order valence-corrected chi connectivity index (χ4v) is 2.79. The Kier molecular flexibility index (Phi) is 4.52. The zero-order valence-corrected chi connectivity index (χ0v) is 10.9. The highest BCUT2D eigenvalue weighted by Gasteiger charge is 2.34. The lowest BCUT2D eigenvalue weighted by atomic mass is 9.82. The maximum Gasteiger partial charge on any atom is 0.249 e. The molecule has 1 saturated heterocycles. The predicted molar refractivity (Wildman–Crippen MR) is 67.1 cm³/mol. The van der Waals surface area contributed by atoms with Gasteiger partial charge in [-0.05, 0) is 31.6 Å². The maximum atomic E-state index is 12.0. The van der Waals surface area contributed by atoms with Crippen molar-refractivity contribution in [2.75, 3.05) is 6.61 Å². The number of primary amides is 1. The number of rotatable bonds is 4. The molecule has 1 aliphatic heterocycles. The second-order valence-corrected chi connectivity index (χ2v) is 5.29. The van der Waals surface area contributed by atoms with E-state index >= 15 is 0 Å². The first-order chi connectivity index (χ1) is 9.08. The number of amides is 2. The number of nitrogens with one attached hydrogen (secondary N) is 1. The van der Waals surface area contributed by atoms with E-state index in [2.05, 4.69) is 5.32 Å². The van der Waals surface area contributed by atoms with Gasteiger partial charge in [-0.25, -0.2) is 0 Å². The van der Waals surface area contributed by atoms with Crippen molar-refractivity contribution in [3.8, 4) is 0 Å². The van der Waals surface area contributed by atoms with Crippen LogP contribution in [0.3, 0.4) is 0 Å². The van der Waals surface area contributed by atoms with Gasteiger partial charge in [0.05, 0.1) is 0 Å². The third-order valence-electron chi connectivity index (χ3n) is 3.82. The Morgan fingerprint density at radius 1 is 1.32 bits per heavy atom. The van der Waals surface area contributed by atoms with Crippen LogP contribution in [-0.2, 0) is 19.1 Å². The van der Waals surface area contributed by atoms with Crippen LogP contribution in [0.5, 0.6) is 0 Å². The highest BCUT2D eigenvalue weighted by atomic mass is 16.5. The quantitative estimate of drug-likeness (QED) is 0.743. The van der Waals surface area contributed by atoms with Crippen molar-refractivity contribution in [2.24, 2.45) is 11.7 Å². The van der Waals surface area contributed by atoms with Gasteiger partial charge in [-0.2, -0.15) is 0 Å². The van der Waals surface area contributed by atoms with E-state index < -0.39 is 18.1 Å². The van der Waals surface area contributed by atoms with Crippen molar-refractivity contribution in [1.29, 1.82) is 0 Å². The minimum Gasteiger partial charge on any atom is -0.368 e. The topological polar surface area (TPSA) is 98.5 Å². The number of carbonyl (C=O) groups is 3. The first kappa shape index (κ1) is 14.0. The van der Waals surface area contributed by atoms with Gasteiger partial charge in [0.1, 0.15) is 17.9 Å². The third kappa shape index (κ3) is 3.53. The molecule has 0 bridgehead atoms. The Balaban J connectivity index is 1.97. The summed E-state index contributed by atoms with van der Waals surface area (Å²) in [6.07, 6.45) is 3.40. The van der Waals surface area contributed by atoms with Crippen LogP contribution in [0.15, 0.2) is 0 Å². The molecule has 0 spiro atoms. The average Bonchev–Trinajstić information content (AvgIpc) is 2.89. The Morgan fingerprint density at radius 2 is 2.11 bits per heavy atom. The standard InChI is InChI=1S/C13H20N2O4/c14-12(17)11(8-3-1-4-9(16)7-8)15-13(18)10-5-2-6-19-10/h8,10-11H,1-7H2,(H2,14,17)(H,15,18)/t8-,10+,11-/m1/s1. The van der Waals surface area contributed by atoms with Crippen molar-refractivity contribution >= 4 is 17.6 Å². The van der Waals surface area contributed by atoms with Crippen LogP contribution >= 0.6 is 0 Å². The van der Waals surface area contributed by atoms with Crippen LogP contribution in [-0.4, -0.2) is 36.4 Å². The molecule has 3 N–H and O–H groups in total. The van der Waals surface area contributed by atoms with E-state index in [1.54, 1.807) is 0 Å². The van der Waals surface area contributed by atoms with Gasteiger partial charge < -0.3 is 15.8 Å². The molecule has 1 saturated carbocycles. The Morgan fingerprint density at radius 3 is 2.68 bits per heavy atom. The van der Waals surface area contributed by atoms with E-state index in [9.17, 15) is 14.4 Å². The number of ether oxygens (including phenoxy) is 1.